The summed E-state index contributed by atoms with van der Waals surface area (Å²) in [7, 11) is 0. The third kappa shape index (κ3) is 6.48. The minimum atomic E-state index is -1.08. The molecule has 0 aromatic heterocycles. The van der Waals surface area contributed by atoms with E-state index in [1.54, 1.807) is 12.1 Å². The maximum absolute atomic E-state index is 12.9. The molecule has 1 amide bonds. The van der Waals surface area contributed by atoms with Gasteiger partial charge in [-0.05, 0) is 49.2 Å². The molecule has 154 valence electrons. The minimum absolute atomic E-state index is 0.0588. The number of Topliss-reactive ketones (excluding diaryl/α,β-unsaturated/α-hetero) is 1. The van der Waals surface area contributed by atoms with Crippen molar-refractivity contribution in [1.29, 1.82) is 0 Å². The van der Waals surface area contributed by atoms with E-state index in [-0.39, 0.29) is 17.7 Å². The summed E-state index contributed by atoms with van der Waals surface area (Å²) < 4.78 is 0. The molecule has 1 aromatic carbocycles. The monoisotopic (exact) mass is 399 g/mol. The number of rotatable bonds is 10. The van der Waals surface area contributed by atoms with Gasteiger partial charge in [-0.25, -0.2) is 0 Å². The molecule has 0 heterocycles. The summed E-state index contributed by atoms with van der Waals surface area (Å²) in [6, 6.07) is 4.20. The number of benzene rings is 1. The van der Waals surface area contributed by atoms with Crippen LogP contribution in [0, 0.1) is 0 Å². The number of carbonyl (C=O) groups excluding carboxylic acids is 4. The molecule has 0 spiro atoms. The first-order chi connectivity index (χ1) is 13.8. The van der Waals surface area contributed by atoms with E-state index < -0.39 is 35.3 Å². The van der Waals surface area contributed by atoms with Crippen LogP contribution in [0.25, 0.3) is 0 Å². The van der Waals surface area contributed by atoms with Gasteiger partial charge in [-0.1, -0.05) is 18.6 Å². The molecule has 0 aliphatic heterocycles. The Morgan fingerprint density at radius 2 is 1.76 bits per heavy atom. The fourth-order valence-corrected chi connectivity index (χ4v) is 2.88. The summed E-state index contributed by atoms with van der Waals surface area (Å²) >= 11 is 0. The average Bonchev–Trinajstić information content (AvgIpc) is 2.70. The second-order valence-electron chi connectivity index (χ2n) is 6.84. The van der Waals surface area contributed by atoms with Gasteiger partial charge in [0.15, 0.2) is 17.3 Å². The first-order valence-electron chi connectivity index (χ1n) is 9.38. The lowest BCUT2D eigenvalue weighted by Gasteiger charge is -2.21. The smallest absolute Gasteiger partial charge is 0.237 e. The maximum Gasteiger partial charge on any atom is 0.237 e. The predicted octanol–water partition coefficient (Wildman–Crippen LogP) is 0.0793. The van der Waals surface area contributed by atoms with Gasteiger partial charge in [-0.3, -0.25) is 19.2 Å². The predicted molar refractivity (Wildman–Crippen MR) is 107 cm³/mol. The van der Waals surface area contributed by atoms with E-state index in [0.717, 1.165) is 24.6 Å². The number of nitrogens with one attached hydrogen (secondary N) is 1. The van der Waals surface area contributed by atoms with Crippen molar-refractivity contribution in [3.05, 3.63) is 53.6 Å². The number of allylic oxidation sites excluding steroid dienone is 3. The lowest BCUT2D eigenvalue weighted by Crippen LogP contribution is -2.50. The lowest BCUT2D eigenvalue weighted by molar-refractivity contribution is -0.128. The number of amides is 1. The highest BCUT2D eigenvalue weighted by atomic mass is 16.3. The van der Waals surface area contributed by atoms with Crippen LogP contribution in [-0.2, 0) is 25.6 Å². The molecule has 8 heteroatoms. The van der Waals surface area contributed by atoms with Crippen LogP contribution in [0.3, 0.4) is 0 Å². The summed E-state index contributed by atoms with van der Waals surface area (Å²) in [4.78, 5) is 49.1. The quantitative estimate of drug-likeness (QED) is 0.247. The molecular formula is C21H25N3O5. The second-order valence-corrected chi connectivity index (χ2v) is 6.84. The molecule has 0 radical (unpaired) electrons. The van der Waals surface area contributed by atoms with E-state index in [4.69, 9.17) is 11.5 Å². The number of carbonyl (C=O) groups is 4. The van der Waals surface area contributed by atoms with Gasteiger partial charge < -0.3 is 21.9 Å². The fraction of sp³-hybridized carbons (Fsp3) is 0.333. The first-order valence-corrected chi connectivity index (χ1v) is 9.38. The maximum atomic E-state index is 12.9. The Morgan fingerprint density at radius 3 is 2.41 bits per heavy atom. The first kappa shape index (κ1) is 22.2. The number of ketones is 3. The molecule has 8 nitrogen and oxygen atoms in total. The van der Waals surface area contributed by atoms with E-state index in [2.05, 4.69) is 5.32 Å². The van der Waals surface area contributed by atoms with Crippen LogP contribution in [0.5, 0.6) is 5.75 Å². The van der Waals surface area contributed by atoms with E-state index >= 15 is 0 Å². The van der Waals surface area contributed by atoms with E-state index in [1.807, 2.05) is 0 Å². The van der Waals surface area contributed by atoms with Crippen LogP contribution in [0.1, 0.15) is 24.8 Å². The van der Waals surface area contributed by atoms with Crippen LogP contribution in [0.15, 0.2) is 48.1 Å². The Morgan fingerprint density at radius 1 is 1.07 bits per heavy atom. The van der Waals surface area contributed by atoms with Crippen LogP contribution in [0.2, 0.25) is 0 Å². The van der Waals surface area contributed by atoms with Crippen LogP contribution in [0.4, 0.5) is 0 Å². The highest BCUT2D eigenvalue weighted by Gasteiger charge is 2.30. The van der Waals surface area contributed by atoms with Crippen molar-refractivity contribution in [3.63, 3.8) is 0 Å². The number of nitrogens with two attached hydrogens (primary N) is 2. The normalized spacial score (nSPS) is 15.6. The topological polar surface area (TPSA) is 153 Å². The highest BCUT2D eigenvalue weighted by Crippen LogP contribution is 2.15. The molecule has 2 rings (SSSR count). The summed E-state index contributed by atoms with van der Waals surface area (Å²) in [5.41, 5.74) is 11.7. The third-order valence-corrected chi connectivity index (χ3v) is 4.53. The van der Waals surface area contributed by atoms with Crippen molar-refractivity contribution in [2.24, 2.45) is 11.5 Å². The SMILES string of the molecule is NCCCC[C@H](N)C(=O)N[C@@H](Cc1ccc(O)cc1)C(=O)C1=CC(=O)C=CC1=O. The van der Waals surface area contributed by atoms with Crippen LogP contribution >= 0.6 is 0 Å². The zero-order valence-corrected chi connectivity index (χ0v) is 16.0. The molecule has 6 N–H and O–H groups in total. The van der Waals surface area contributed by atoms with Crippen molar-refractivity contribution in [2.45, 2.75) is 37.8 Å². The molecule has 0 saturated heterocycles. The summed E-state index contributed by atoms with van der Waals surface area (Å²) in [6.07, 6.45) is 4.97. The minimum Gasteiger partial charge on any atom is -0.508 e. The number of aromatic hydroxyl groups is 1. The standard InChI is InChI=1S/C21H25N3O5/c22-10-2-1-3-17(23)21(29)24-18(11-13-4-6-14(25)7-5-13)20(28)16-12-15(26)8-9-19(16)27/h4-9,12,17-18,25H,1-3,10-11,22-23H2,(H,24,29)/t17-,18-/m0/s1. The van der Waals surface area contributed by atoms with Crippen LogP contribution < -0.4 is 16.8 Å². The molecule has 0 fully saturated rings. The lowest BCUT2D eigenvalue weighted by atomic mass is 9.92. The zero-order valence-electron chi connectivity index (χ0n) is 16.0. The van der Waals surface area contributed by atoms with Gasteiger partial charge in [0.2, 0.25) is 5.91 Å². The van der Waals surface area contributed by atoms with Gasteiger partial charge in [-0.2, -0.15) is 0 Å². The number of hydrogen-bond acceptors (Lipinski definition) is 7. The molecule has 1 aliphatic rings. The van der Waals surface area contributed by atoms with Crippen molar-refractivity contribution in [3.8, 4) is 5.75 Å². The fourth-order valence-electron chi connectivity index (χ4n) is 2.88. The van der Waals surface area contributed by atoms with E-state index in [0.29, 0.717) is 24.9 Å². The van der Waals surface area contributed by atoms with Crippen molar-refractivity contribution in [1.82, 2.24) is 5.32 Å². The van der Waals surface area contributed by atoms with Crippen molar-refractivity contribution in [2.75, 3.05) is 6.54 Å². The van der Waals surface area contributed by atoms with Gasteiger partial charge >= 0.3 is 0 Å². The second kappa shape index (κ2) is 10.4. The number of unbranched alkanes of at least 4 members (excludes halogenated alkanes) is 1. The van der Waals surface area contributed by atoms with E-state index in [1.165, 1.54) is 12.1 Å². The molecule has 0 unspecified atom stereocenters. The van der Waals surface area contributed by atoms with Gasteiger partial charge in [0, 0.05) is 12.5 Å². The van der Waals surface area contributed by atoms with Crippen molar-refractivity contribution < 1.29 is 24.3 Å². The Labute approximate surface area is 168 Å². The largest absolute Gasteiger partial charge is 0.508 e. The number of phenolic OH excluding ortho intramolecular Hbond substituents is 1. The number of phenols is 1. The molecule has 29 heavy (non-hydrogen) atoms. The number of hydrogen-bond donors (Lipinski definition) is 4. The summed E-state index contributed by atoms with van der Waals surface area (Å²) in [6.45, 7) is 0.494. The van der Waals surface area contributed by atoms with Gasteiger partial charge in [0.05, 0.1) is 17.7 Å². The van der Waals surface area contributed by atoms with Gasteiger partial charge in [0.25, 0.3) is 0 Å². The molecule has 0 bridgehead atoms. The van der Waals surface area contributed by atoms with Gasteiger partial charge in [-0.15, -0.1) is 0 Å². The Hall–Kier alpha value is -3.10. The third-order valence-electron chi connectivity index (χ3n) is 4.53. The van der Waals surface area contributed by atoms with Crippen LogP contribution in [-0.4, -0.2) is 47.0 Å². The molecular weight excluding hydrogens is 374 g/mol. The van der Waals surface area contributed by atoms with Crippen molar-refractivity contribution >= 4 is 23.3 Å². The molecule has 1 aromatic rings. The average molecular weight is 399 g/mol. The molecule has 2 atom stereocenters. The zero-order chi connectivity index (χ0) is 21.4. The molecule has 1 aliphatic carbocycles. The highest BCUT2D eigenvalue weighted by molar-refractivity contribution is 6.31. The molecule has 0 saturated carbocycles. The van der Waals surface area contributed by atoms with Gasteiger partial charge in [0.1, 0.15) is 5.75 Å². The summed E-state index contributed by atoms with van der Waals surface area (Å²) in [5.74, 6) is -2.19. The Balaban J connectivity index is 2.19. The summed E-state index contributed by atoms with van der Waals surface area (Å²) in [5, 5.41) is 12.0. The Bertz CT molecular complexity index is 842. The Kier molecular flexibility index (Phi) is 7.99. The van der Waals surface area contributed by atoms with E-state index in [9.17, 15) is 24.3 Å².